The Morgan fingerprint density at radius 1 is 0.569 bits per heavy atom. The number of hydrogen-bond donors (Lipinski definition) is 3. The number of nitrogens with one attached hydrogen (secondary N) is 1. The maximum atomic E-state index is 8.67. The van der Waals surface area contributed by atoms with E-state index in [0.29, 0.717) is 18.7 Å². The molecule has 290 valence electrons. The van der Waals surface area contributed by atoms with Crippen molar-refractivity contribution in [1.82, 2.24) is 0 Å². The Hall–Kier alpha value is -2.69. The van der Waals surface area contributed by atoms with Crippen LogP contribution in [0.4, 0.5) is 11.4 Å². The molecule has 0 aliphatic heterocycles. The molecule has 0 aliphatic carbocycles. The van der Waals surface area contributed by atoms with Crippen molar-refractivity contribution in [1.29, 1.82) is 0 Å². The van der Waals surface area contributed by atoms with Crippen LogP contribution in [-0.4, -0.2) is 115 Å². The quantitative estimate of drug-likeness (QED) is 0.0854. The van der Waals surface area contributed by atoms with Crippen LogP contribution in [0.5, 0.6) is 5.75 Å². The highest BCUT2D eigenvalue weighted by atomic mass is 28.4. The number of nitrogens with two attached hydrogens (primary N) is 1. The molecule has 0 unspecified atom stereocenters. The minimum atomic E-state index is -2.75. The lowest BCUT2D eigenvalue weighted by Crippen LogP contribution is -2.54. The summed E-state index contributed by atoms with van der Waals surface area (Å²) in [6.45, 7) is 5.51. The molecule has 16 heteroatoms. The number of aliphatic hydroxyl groups is 1. The molecular weight excluding hydrogens is 709 g/mol. The summed E-state index contributed by atoms with van der Waals surface area (Å²) in [4.78, 5) is 0. The minimum Gasteiger partial charge on any atom is -0.494 e. The lowest BCUT2D eigenvalue weighted by molar-refractivity contribution is 0.123. The zero-order valence-corrected chi connectivity index (χ0v) is 35.4. The summed E-state index contributed by atoms with van der Waals surface area (Å²) in [5.41, 5.74) is 7.43. The van der Waals surface area contributed by atoms with Crippen molar-refractivity contribution in [2.24, 2.45) is 0 Å². The third-order valence-electron chi connectivity index (χ3n) is 7.35. The number of anilines is 2. The number of hydrogen-bond acceptors (Lipinski definition) is 13. The number of rotatable bonds is 20. The molecule has 0 amide bonds. The molecule has 4 N–H and O–H groups in total. The molecule has 0 heterocycles. The molecule has 0 saturated heterocycles. The van der Waals surface area contributed by atoms with Crippen LogP contribution < -0.4 is 26.2 Å². The van der Waals surface area contributed by atoms with E-state index in [2.05, 4.69) is 5.32 Å². The van der Waals surface area contributed by atoms with E-state index in [0.717, 1.165) is 40.8 Å². The highest BCUT2D eigenvalue weighted by Crippen LogP contribution is 2.16. The van der Waals surface area contributed by atoms with Crippen LogP contribution >= 0.6 is 0 Å². The molecule has 0 aliphatic rings. The fourth-order valence-corrected chi connectivity index (χ4v) is 9.84. The van der Waals surface area contributed by atoms with Gasteiger partial charge in [-0.3, -0.25) is 0 Å². The zero-order chi connectivity index (χ0) is 38.6. The number of ether oxygens (including phenoxy) is 1. The lowest BCUT2D eigenvalue weighted by Gasteiger charge is -2.24. The first kappa shape index (κ1) is 48.3. The first-order chi connectivity index (χ1) is 24.7. The van der Waals surface area contributed by atoms with Crippen LogP contribution in [0.2, 0.25) is 6.04 Å². The van der Waals surface area contributed by atoms with Gasteiger partial charge in [0.15, 0.2) is 0 Å². The largest absolute Gasteiger partial charge is 0.536 e. The molecule has 3 aromatic rings. The predicted octanol–water partition coefficient (Wildman–Crippen LogP) is 4.28. The van der Waals surface area contributed by atoms with Crippen molar-refractivity contribution < 1.29 is 49.7 Å². The molecular formula is C35H62N2O11Si3. The lowest BCUT2D eigenvalue weighted by atomic mass is 10.3. The standard InChI is InChI=1S/C12H21NO3Si.C12H20O5Si.C9H15NO3Si.C2H6/c1-14-17(15-2,16-3)11-7-10-13-12-8-5-4-6-9-12;1-14-18(15-2,16-3)12-7-5-11(6-8-12)17-10-4-9-13;1-11-14(12-2,13-3)9-6-4-8(10)5-7-9;1-2/h4-6,8-9,13H,7,10-11H2,1-3H3;5-8,13H,4,9-10H2,1-3H3;4-7H,10H2,1-3H3;1-2H3. The van der Waals surface area contributed by atoms with E-state index >= 15 is 0 Å². The highest BCUT2D eigenvalue weighted by molar-refractivity contribution is 6.75. The van der Waals surface area contributed by atoms with E-state index in [9.17, 15) is 0 Å². The summed E-state index contributed by atoms with van der Waals surface area (Å²) >= 11 is 0. The summed E-state index contributed by atoms with van der Waals surface area (Å²) in [5.74, 6) is 0.749. The predicted molar refractivity (Wildman–Crippen MR) is 210 cm³/mol. The molecule has 0 bridgehead atoms. The van der Waals surface area contributed by atoms with Gasteiger partial charge in [0.25, 0.3) is 0 Å². The molecule has 0 aromatic heterocycles. The molecule has 0 fully saturated rings. The van der Waals surface area contributed by atoms with E-state index in [1.54, 1.807) is 76.1 Å². The first-order valence-electron chi connectivity index (χ1n) is 16.6. The molecule has 13 nitrogen and oxygen atoms in total. The topological polar surface area (TPSA) is 151 Å². The zero-order valence-electron chi connectivity index (χ0n) is 32.4. The Morgan fingerprint density at radius 3 is 1.39 bits per heavy atom. The highest BCUT2D eigenvalue weighted by Gasteiger charge is 2.41. The summed E-state index contributed by atoms with van der Waals surface area (Å²) in [6.07, 6.45) is 1.57. The van der Waals surface area contributed by atoms with Gasteiger partial charge >= 0.3 is 26.4 Å². The monoisotopic (exact) mass is 770 g/mol. The summed E-state index contributed by atoms with van der Waals surface area (Å²) in [6, 6.07) is 25.7. The van der Waals surface area contributed by atoms with Crippen LogP contribution in [0.3, 0.4) is 0 Å². The van der Waals surface area contributed by atoms with Gasteiger partial charge < -0.3 is 60.7 Å². The van der Waals surface area contributed by atoms with Gasteiger partial charge in [0.2, 0.25) is 0 Å². The number of aliphatic hydroxyl groups excluding tert-OH is 1. The molecule has 0 atom stereocenters. The SMILES string of the molecule is CC.CO[Si](CCCNc1ccccc1)(OC)OC.CO[Si](OC)(OC)c1ccc(N)cc1.CO[Si](OC)(OC)c1ccc(OCCCO)cc1. The number of nitrogen functional groups attached to an aromatic ring is 1. The summed E-state index contributed by atoms with van der Waals surface area (Å²) < 4.78 is 53.6. The molecule has 51 heavy (non-hydrogen) atoms. The average molecular weight is 771 g/mol. The van der Waals surface area contributed by atoms with Crippen LogP contribution in [-0.2, 0) is 39.8 Å². The fourth-order valence-electron chi connectivity index (χ4n) is 4.55. The Labute approximate surface area is 309 Å². The van der Waals surface area contributed by atoms with Crippen molar-refractivity contribution in [2.45, 2.75) is 32.7 Å². The van der Waals surface area contributed by atoms with Crippen LogP contribution in [0.1, 0.15) is 26.7 Å². The molecule has 3 rings (SSSR count). The number of para-hydroxylation sites is 1. The molecule has 3 aromatic carbocycles. The van der Waals surface area contributed by atoms with Crippen LogP contribution in [0, 0.1) is 0 Å². The smallest absolute Gasteiger partial charge is 0.494 e. The first-order valence-corrected chi connectivity index (χ1v) is 22.0. The third kappa shape index (κ3) is 16.3. The van der Waals surface area contributed by atoms with Crippen molar-refractivity contribution in [2.75, 3.05) is 94.8 Å². The normalized spacial score (nSPS) is 11.2. The van der Waals surface area contributed by atoms with Gasteiger partial charge in [-0.25, -0.2) is 0 Å². The van der Waals surface area contributed by atoms with Crippen LogP contribution in [0.15, 0.2) is 78.9 Å². The van der Waals surface area contributed by atoms with E-state index in [1.165, 1.54) is 0 Å². The molecule has 0 radical (unpaired) electrons. The van der Waals surface area contributed by atoms with Gasteiger partial charge in [0.1, 0.15) is 5.75 Å². The van der Waals surface area contributed by atoms with Gasteiger partial charge in [-0.1, -0.05) is 56.3 Å². The van der Waals surface area contributed by atoms with E-state index in [4.69, 9.17) is 55.4 Å². The molecule has 0 spiro atoms. The van der Waals surface area contributed by atoms with Crippen molar-refractivity contribution in [3.05, 3.63) is 78.9 Å². The van der Waals surface area contributed by atoms with Crippen molar-refractivity contribution in [3.63, 3.8) is 0 Å². The van der Waals surface area contributed by atoms with Gasteiger partial charge in [-0.2, -0.15) is 0 Å². The fraction of sp³-hybridized carbons (Fsp3) is 0.486. The van der Waals surface area contributed by atoms with Crippen LogP contribution in [0.25, 0.3) is 0 Å². The van der Waals surface area contributed by atoms with Gasteiger partial charge in [0, 0.05) is 111 Å². The summed E-state index contributed by atoms with van der Waals surface area (Å²) in [5, 5.41) is 13.8. The second-order valence-corrected chi connectivity index (χ2v) is 19.0. The second-order valence-electron chi connectivity index (χ2n) is 10.1. The van der Waals surface area contributed by atoms with Gasteiger partial charge in [0.05, 0.1) is 6.61 Å². The average Bonchev–Trinajstić information content (AvgIpc) is 3.20. The second kappa shape index (κ2) is 27.9. The Bertz CT molecular complexity index is 1210. The minimum absolute atomic E-state index is 0.130. The van der Waals surface area contributed by atoms with Gasteiger partial charge in [-0.15, -0.1) is 0 Å². The van der Waals surface area contributed by atoms with E-state index in [-0.39, 0.29) is 6.61 Å². The maximum absolute atomic E-state index is 8.67. The van der Waals surface area contributed by atoms with Crippen molar-refractivity contribution >= 4 is 48.2 Å². The van der Waals surface area contributed by atoms with Gasteiger partial charge in [-0.05, 0) is 42.8 Å². The molecule has 0 saturated carbocycles. The maximum Gasteiger partial charge on any atom is 0.536 e. The Balaban J connectivity index is 0.000000722. The van der Waals surface area contributed by atoms with Crippen molar-refractivity contribution in [3.8, 4) is 5.75 Å². The van der Waals surface area contributed by atoms with E-state index in [1.807, 2.05) is 80.6 Å². The summed E-state index contributed by atoms with van der Waals surface area (Å²) in [7, 11) is 6.57. The Kier molecular flexibility index (Phi) is 26.4. The number of benzene rings is 3. The third-order valence-corrected chi connectivity index (χ3v) is 15.5. The Morgan fingerprint density at radius 2 is 1.00 bits per heavy atom. The van der Waals surface area contributed by atoms with E-state index < -0.39 is 26.4 Å².